The van der Waals surface area contributed by atoms with Crippen LogP contribution < -0.4 is 10.6 Å². The lowest BCUT2D eigenvalue weighted by Crippen LogP contribution is -2.36. The van der Waals surface area contributed by atoms with Gasteiger partial charge in [0.1, 0.15) is 5.82 Å². The smallest absolute Gasteiger partial charge is 0.224 e. The second-order valence-electron chi connectivity index (χ2n) is 3.91. The molecule has 1 heterocycles. The zero-order valence-corrected chi connectivity index (χ0v) is 10.1. The van der Waals surface area contributed by atoms with Crippen LogP contribution in [0.25, 0.3) is 0 Å². The van der Waals surface area contributed by atoms with Crippen LogP contribution in [0.4, 0.5) is 0 Å². The number of rotatable bonds is 6. The Balaban J connectivity index is 2.39. The first-order valence-electron chi connectivity index (χ1n) is 5.65. The molecule has 3 N–H and O–H groups in total. The van der Waals surface area contributed by atoms with Gasteiger partial charge in [-0.25, -0.2) is 4.98 Å². The van der Waals surface area contributed by atoms with Crippen molar-refractivity contribution in [1.82, 2.24) is 20.6 Å². The number of H-pyrrole nitrogens is 1. The van der Waals surface area contributed by atoms with E-state index in [0.29, 0.717) is 6.54 Å². The van der Waals surface area contributed by atoms with E-state index in [4.69, 9.17) is 0 Å². The molecule has 0 radical (unpaired) electrons. The molecule has 0 aliphatic rings. The number of hydrogen-bond acceptors (Lipinski definition) is 3. The minimum atomic E-state index is -0.0772. The summed E-state index contributed by atoms with van der Waals surface area (Å²) >= 11 is 0. The molecule has 1 aromatic rings. The number of nitrogens with one attached hydrogen (secondary N) is 3. The summed E-state index contributed by atoms with van der Waals surface area (Å²) in [5.41, 5.74) is 0. The molecule has 0 fully saturated rings. The van der Waals surface area contributed by atoms with E-state index in [1.54, 1.807) is 12.4 Å². The molecule has 5 heteroatoms. The highest BCUT2D eigenvalue weighted by Crippen LogP contribution is 2.06. The van der Waals surface area contributed by atoms with Crippen LogP contribution in [-0.2, 0) is 4.79 Å². The van der Waals surface area contributed by atoms with Crippen molar-refractivity contribution in [3.8, 4) is 0 Å². The number of hydrogen-bond donors (Lipinski definition) is 3. The molecule has 2 unspecified atom stereocenters. The number of aromatic nitrogens is 2. The Morgan fingerprint density at radius 1 is 1.56 bits per heavy atom. The van der Waals surface area contributed by atoms with Crippen LogP contribution in [-0.4, -0.2) is 29.0 Å². The summed E-state index contributed by atoms with van der Waals surface area (Å²) in [7, 11) is 0. The monoisotopic (exact) mass is 224 g/mol. The van der Waals surface area contributed by atoms with Crippen molar-refractivity contribution >= 4 is 5.91 Å². The lowest BCUT2D eigenvalue weighted by Gasteiger charge is -2.16. The zero-order chi connectivity index (χ0) is 12.0. The summed E-state index contributed by atoms with van der Waals surface area (Å²) in [5.74, 6) is 0.797. The molecule has 0 aromatic carbocycles. The Morgan fingerprint density at radius 2 is 2.31 bits per heavy atom. The fourth-order valence-corrected chi connectivity index (χ4v) is 1.39. The van der Waals surface area contributed by atoms with Gasteiger partial charge < -0.3 is 15.6 Å². The molecule has 1 rings (SSSR count). The Hall–Kier alpha value is -1.36. The maximum Gasteiger partial charge on any atom is 0.224 e. The lowest BCUT2D eigenvalue weighted by atomic mass is 10.1. The summed E-state index contributed by atoms with van der Waals surface area (Å²) in [6, 6.07) is -0.0772. The van der Waals surface area contributed by atoms with Crippen molar-refractivity contribution in [1.29, 1.82) is 0 Å². The number of carbonyl (C=O) groups excluding carboxylic acids is 1. The summed E-state index contributed by atoms with van der Waals surface area (Å²) in [6.45, 7) is 7.43. The summed E-state index contributed by atoms with van der Waals surface area (Å²) in [5, 5.41) is 6.07. The molecule has 0 aliphatic carbocycles. The maximum absolute atomic E-state index is 11.8. The summed E-state index contributed by atoms with van der Waals surface area (Å²) in [4.78, 5) is 18.8. The van der Waals surface area contributed by atoms with Gasteiger partial charge in [0.15, 0.2) is 0 Å². The third-order valence-electron chi connectivity index (χ3n) is 2.44. The molecule has 0 spiro atoms. The van der Waals surface area contributed by atoms with E-state index in [-0.39, 0.29) is 17.9 Å². The molecular weight excluding hydrogens is 204 g/mol. The molecule has 1 aromatic heterocycles. The van der Waals surface area contributed by atoms with E-state index in [2.05, 4.69) is 20.6 Å². The van der Waals surface area contributed by atoms with Gasteiger partial charge in [-0.1, -0.05) is 13.8 Å². The average Bonchev–Trinajstić information content (AvgIpc) is 2.79. The highest BCUT2D eigenvalue weighted by molar-refractivity contribution is 5.78. The third kappa shape index (κ3) is 3.66. The number of carbonyl (C=O) groups is 1. The molecule has 2 atom stereocenters. The Kier molecular flexibility index (Phi) is 4.98. The van der Waals surface area contributed by atoms with Gasteiger partial charge in [-0.05, 0) is 13.5 Å². The first kappa shape index (κ1) is 12.7. The molecule has 5 nitrogen and oxygen atoms in total. The maximum atomic E-state index is 11.8. The molecule has 1 amide bonds. The van der Waals surface area contributed by atoms with Gasteiger partial charge in [-0.2, -0.15) is 0 Å². The first-order chi connectivity index (χ1) is 7.65. The van der Waals surface area contributed by atoms with Crippen LogP contribution in [0, 0.1) is 5.92 Å². The van der Waals surface area contributed by atoms with E-state index in [1.807, 2.05) is 20.8 Å². The van der Waals surface area contributed by atoms with Gasteiger partial charge in [-0.3, -0.25) is 4.79 Å². The van der Waals surface area contributed by atoms with Crippen LogP contribution in [0.15, 0.2) is 12.4 Å². The summed E-state index contributed by atoms with van der Waals surface area (Å²) < 4.78 is 0. The fraction of sp³-hybridized carbons (Fsp3) is 0.636. The molecule has 0 saturated heterocycles. The molecule has 90 valence electrons. The van der Waals surface area contributed by atoms with Crippen molar-refractivity contribution in [3.05, 3.63) is 18.2 Å². The number of amides is 1. The predicted molar refractivity (Wildman–Crippen MR) is 62.9 cm³/mol. The van der Waals surface area contributed by atoms with E-state index in [9.17, 15) is 4.79 Å². The van der Waals surface area contributed by atoms with Crippen LogP contribution in [0.1, 0.15) is 32.6 Å². The lowest BCUT2D eigenvalue weighted by molar-refractivity contribution is -0.125. The van der Waals surface area contributed by atoms with Crippen LogP contribution >= 0.6 is 0 Å². The minimum Gasteiger partial charge on any atom is -0.347 e. The highest BCUT2D eigenvalue weighted by Gasteiger charge is 2.16. The van der Waals surface area contributed by atoms with Gasteiger partial charge >= 0.3 is 0 Å². The first-order valence-corrected chi connectivity index (χ1v) is 5.65. The summed E-state index contributed by atoms with van der Waals surface area (Å²) in [6.07, 6.45) is 3.43. The second-order valence-corrected chi connectivity index (χ2v) is 3.91. The average molecular weight is 224 g/mol. The fourth-order valence-electron chi connectivity index (χ4n) is 1.39. The second kappa shape index (κ2) is 6.27. The molecule has 16 heavy (non-hydrogen) atoms. The predicted octanol–water partition coefficient (Wildman–Crippen LogP) is 0.832. The van der Waals surface area contributed by atoms with Crippen molar-refractivity contribution < 1.29 is 4.79 Å². The molecule has 0 saturated carbocycles. The van der Waals surface area contributed by atoms with E-state index < -0.39 is 0 Å². The van der Waals surface area contributed by atoms with Crippen LogP contribution in [0.2, 0.25) is 0 Å². The zero-order valence-electron chi connectivity index (χ0n) is 10.1. The van der Waals surface area contributed by atoms with Gasteiger partial charge in [0.25, 0.3) is 0 Å². The van der Waals surface area contributed by atoms with Crippen molar-refractivity contribution in [3.63, 3.8) is 0 Å². The number of aromatic amines is 1. The normalized spacial score (nSPS) is 14.4. The quantitative estimate of drug-likeness (QED) is 0.670. The standard InChI is InChI=1S/C11H20N4O/c1-4-12-7-8(2)11(16)15-9(3)10-13-5-6-14-10/h5-6,8-9,12H,4,7H2,1-3H3,(H,13,14)(H,15,16). The van der Waals surface area contributed by atoms with E-state index >= 15 is 0 Å². The Labute approximate surface area is 96.0 Å². The van der Waals surface area contributed by atoms with E-state index in [0.717, 1.165) is 12.4 Å². The van der Waals surface area contributed by atoms with Crippen molar-refractivity contribution in [2.45, 2.75) is 26.8 Å². The number of nitrogens with zero attached hydrogens (tertiary/aromatic N) is 1. The topological polar surface area (TPSA) is 69.8 Å². The third-order valence-corrected chi connectivity index (χ3v) is 2.44. The van der Waals surface area contributed by atoms with Gasteiger partial charge in [0, 0.05) is 24.9 Å². The highest BCUT2D eigenvalue weighted by atomic mass is 16.1. The number of imidazole rings is 1. The van der Waals surface area contributed by atoms with Gasteiger partial charge in [-0.15, -0.1) is 0 Å². The minimum absolute atomic E-state index is 0.0302. The van der Waals surface area contributed by atoms with Crippen LogP contribution in [0.5, 0.6) is 0 Å². The van der Waals surface area contributed by atoms with Gasteiger partial charge in [0.05, 0.1) is 6.04 Å². The Bertz CT molecular complexity index is 310. The van der Waals surface area contributed by atoms with Crippen molar-refractivity contribution in [2.75, 3.05) is 13.1 Å². The Morgan fingerprint density at radius 3 is 2.88 bits per heavy atom. The SMILES string of the molecule is CCNCC(C)C(=O)NC(C)c1ncc[nH]1. The largest absolute Gasteiger partial charge is 0.347 e. The van der Waals surface area contributed by atoms with Crippen molar-refractivity contribution in [2.24, 2.45) is 5.92 Å². The molecule has 0 aliphatic heterocycles. The molecule has 0 bridgehead atoms. The van der Waals surface area contributed by atoms with E-state index in [1.165, 1.54) is 0 Å². The van der Waals surface area contributed by atoms with Gasteiger partial charge in [0.2, 0.25) is 5.91 Å². The van der Waals surface area contributed by atoms with Crippen LogP contribution in [0.3, 0.4) is 0 Å². The molecular formula is C11H20N4O.